The lowest BCUT2D eigenvalue weighted by Crippen LogP contribution is -2.46. The van der Waals surface area contributed by atoms with Crippen molar-refractivity contribution in [3.8, 4) is 0 Å². The van der Waals surface area contributed by atoms with Gasteiger partial charge in [-0.1, -0.05) is 44.2 Å². The average Bonchev–Trinajstić information content (AvgIpc) is 2.59. The van der Waals surface area contributed by atoms with E-state index < -0.39 is 23.7 Å². The number of rotatable bonds is 10. The van der Waals surface area contributed by atoms with Gasteiger partial charge in [0, 0.05) is 0 Å². The molecule has 0 saturated heterocycles. The highest BCUT2D eigenvalue weighted by Gasteiger charge is 2.29. The quantitative estimate of drug-likeness (QED) is 0.599. The molecule has 0 aliphatic carbocycles. The van der Waals surface area contributed by atoms with Crippen LogP contribution in [0.15, 0.2) is 30.3 Å². The van der Waals surface area contributed by atoms with Crippen LogP contribution in [0.25, 0.3) is 0 Å². The molecule has 2 atom stereocenters. The molecule has 0 aromatic heterocycles. The Kier molecular flexibility index (Phi) is 10.0. The number of carbonyl (C=O) groups is 2. The van der Waals surface area contributed by atoms with Crippen LogP contribution in [0.1, 0.15) is 53.5 Å². The highest BCUT2D eigenvalue weighted by atomic mass is 16.6. The summed E-state index contributed by atoms with van der Waals surface area (Å²) in [4.78, 5) is 24.5. The van der Waals surface area contributed by atoms with Crippen LogP contribution in [0.2, 0.25) is 0 Å². The molecule has 0 bridgehead atoms. The van der Waals surface area contributed by atoms with Crippen LogP contribution in [-0.2, 0) is 25.6 Å². The van der Waals surface area contributed by atoms with Crippen LogP contribution < -0.4 is 5.32 Å². The van der Waals surface area contributed by atoms with Crippen molar-refractivity contribution in [3.05, 3.63) is 35.9 Å². The number of ether oxygens (including phenoxy) is 3. The number of hydrogen-bond acceptors (Lipinski definition) is 5. The van der Waals surface area contributed by atoms with E-state index in [0.29, 0.717) is 19.6 Å². The second kappa shape index (κ2) is 11.7. The lowest BCUT2D eigenvalue weighted by molar-refractivity contribution is -0.146. The maximum Gasteiger partial charge on any atom is 0.408 e. The Hall–Kier alpha value is -2.08. The molecule has 0 aliphatic heterocycles. The predicted molar refractivity (Wildman–Crippen MR) is 109 cm³/mol. The normalized spacial score (nSPS) is 13.7. The maximum absolute atomic E-state index is 12.4. The Labute approximate surface area is 168 Å². The number of carbonyl (C=O) groups excluding carboxylic acids is 2. The van der Waals surface area contributed by atoms with Gasteiger partial charge in [0.15, 0.2) is 0 Å². The van der Waals surface area contributed by atoms with E-state index in [2.05, 4.69) is 19.2 Å². The Morgan fingerprint density at radius 2 is 1.75 bits per heavy atom. The van der Waals surface area contributed by atoms with Crippen molar-refractivity contribution in [1.82, 2.24) is 5.32 Å². The summed E-state index contributed by atoms with van der Waals surface area (Å²) in [6, 6.07) is 9.15. The van der Waals surface area contributed by atoms with Gasteiger partial charge in [-0.25, -0.2) is 9.59 Å². The van der Waals surface area contributed by atoms with Crippen molar-refractivity contribution in [2.24, 2.45) is 11.8 Å². The van der Waals surface area contributed by atoms with Gasteiger partial charge in [0.05, 0.1) is 19.8 Å². The molecule has 1 rings (SSSR count). The first-order valence-electron chi connectivity index (χ1n) is 9.90. The number of nitrogens with one attached hydrogen (secondary N) is 1. The van der Waals surface area contributed by atoms with Crippen LogP contribution in [0.4, 0.5) is 4.79 Å². The van der Waals surface area contributed by atoms with E-state index in [9.17, 15) is 9.59 Å². The first-order chi connectivity index (χ1) is 13.1. The highest BCUT2D eigenvalue weighted by molar-refractivity contribution is 5.81. The largest absolute Gasteiger partial charge is 0.464 e. The van der Waals surface area contributed by atoms with Crippen LogP contribution in [-0.4, -0.2) is 36.9 Å². The van der Waals surface area contributed by atoms with Gasteiger partial charge in [0.25, 0.3) is 0 Å². The van der Waals surface area contributed by atoms with E-state index in [1.807, 2.05) is 30.3 Å². The standard InChI is InChI=1S/C22H35NO5/c1-7-27-20(24)19(23-21(25)28-22(4,5)6)13-18(16(2)3)15-26-14-17-11-9-8-10-12-17/h8-12,16,18-19H,7,13-15H2,1-6H3,(H,23,25). The fourth-order valence-electron chi connectivity index (χ4n) is 2.64. The zero-order chi connectivity index (χ0) is 21.2. The average molecular weight is 394 g/mol. The lowest BCUT2D eigenvalue weighted by atomic mass is 9.90. The molecule has 1 aromatic carbocycles. The molecule has 0 fully saturated rings. The third-order valence-electron chi connectivity index (χ3n) is 4.19. The summed E-state index contributed by atoms with van der Waals surface area (Å²) in [5, 5.41) is 2.66. The molecular formula is C22H35NO5. The molecule has 0 saturated carbocycles. The zero-order valence-corrected chi connectivity index (χ0v) is 18.0. The second-order valence-electron chi connectivity index (χ2n) is 8.19. The third kappa shape index (κ3) is 9.74. The SMILES string of the molecule is CCOC(=O)C(CC(COCc1ccccc1)C(C)C)NC(=O)OC(C)(C)C. The van der Waals surface area contributed by atoms with E-state index in [1.165, 1.54) is 0 Å². The maximum atomic E-state index is 12.4. The molecule has 0 spiro atoms. The third-order valence-corrected chi connectivity index (χ3v) is 4.19. The Bertz CT molecular complexity index is 595. The van der Waals surface area contributed by atoms with Crippen molar-refractivity contribution in [3.63, 3.8) is 0 Å². The number of benzene rings is 1. The van der Waals surface area contributed by atoms with E-state index in [-0.39, 0.29) is 18.4 Å². The Morgan fingerprint density at radius 3 is 2.29 bits per heavy atom. The van der Waals surface area contributed by atoms with Crippen molar-refractivity contribution in [1.29, 1.82) is 0 Å². The summed E-state index contributed by atoms with van der Waals surface area (Å²) in [5.41, 5.74) is 0.457. The lowest BCUT2D eigenvalue weighted by Gasteiger charge is -2.27. The van der Waals surface area contributed by atoms with Gasteiger partial charge in [0.1, 0.15) is 11.6 Å². The van der Waals surface area contributed by atoms with Gasteiger partial charge in [-0.3, -0.25) is 0 Å². The van der Waals surface area contributed by atoms with E-state index in [0.717, 1.165) is 5.56 Å². The zero-order valence-electron chi connectivity index (χ0n) is 18.0. The Morgan fingerprint density at radius 1 is 1.11 bits per heavy atom. The van der Waals surface area contributed by atoms with Crippen LogP contribution >= 0.6 is 0 Å². The summed E-state index contributed by atoms with van der Waals surface area (Å²) >= 11 is 0. The van der Waals surface area contributed by atoms with Gasteiger partial charge in [-0.05, 0) is 51.5 Å². The second-order valence-corrected chi connectivity index (χ2v) is 8.19. The van der Waals surface area contributed by atoms with Crippen molar-refractivity contribution >= 4 is 12.1 Å². The summed E-state index contributed by atoms with van der Waals surface area (Å²) in [5.74, 6) is -0.108. The van der Waals surface area contributed by atoms with E-state index in [4.69, 9.17) is 14.2 Å². The van der Waals surface area contributed by atoms with Crippen LogP contribution in [0.3, 0.4) is 0 Å². The number of alkyl carbamates (subject to hydrolysis) is 1. The highest BCUT2D eigenvalue weighted by Crippen LogP contribution is 2.20. The van der Waals surface area contributed by atoms with E-state index in [1.54, 1.807) is 27.7 Å². The van der Waals surface area contributed by atoms with Crippen molar-refractivity contribution in [2.45, 2.75) is 66.2 Å². The molecule has 6 heteroatoms. The fourth-order valence-corrected chi connectivity index (χ4v) is 2.64. The number of esters is 1. The Balaban J connectivity index is 2.71. The minimum Gasteiger partial charge on any atom is -0.464 e. The summed E-state index contributed by atoms with van der Waals surface area (Å²) in [6.07, 6.45) is -0.205. The molecule has 158 valence electrons. The molecule has 0 radical (unpaired) electrons. The number of hydrogen-bond donors (Lipinski definition) is 1. The minimum atomic E-state index is -0.775. The first-order valence-corrected chi connectivity index (χ1v) is 9.90. The van der Waals surface area contributed by atoms with Gasteiger partial charge < -0.3 is 19.5 Å². The molecule has 0 aliphatic rings. The first kappa shape index (κ1) is 24.0. The predicted octanol–water partition coefficient (Wildman–Crippen LogP) is 4.32. The topological polar surface area (TPSA) is 73.9 Å². The summed E-state index contributed by atoms with van der Waals surface area (Å²) < 4.78 is 16.3. The molecule has 1 N–H and O–H groups in total. The molecule has 1 amide bonds. The van der Waals surface area contributed by atoms with Gasteiger partial charge in [-0.15, -0.1) is 0 Å². The van der Waals surface area contributed by atoms with Crippen molar-refractivity contribution in [2.75, 3.05) is 13.2 Å². The molecule has 1 aromatic rings. The number of amides is 1. The van der Waals surface area contributed by atoms with Crippen LogP contribution in [0, 0.1) is 11.8 Å². The van der Waals surface area contributed by atoms with Crippen LogP contribution in [0.5, 0.6) is 0 Å². The van der Waals surface area contributed by atoms with Gasteiger partial charge in [-0.2, -0.15) is 0 Å². The monoisotopic (exact) mass is 393 g/mol. The molecule has 2 unspecified atom stereocenters. The van der Waals surface area contributed by atoms with E-state index >= 15 is 0 Å². The van der Waals surface area contributed by atoms with Gasteiger partial charge in [0.2, 0.25) is 0 Å². The summed E-state index contributed by atoms with van der Waals surface area (Å²) in [6.45, 7) is 12.5. The molecule has 28 heavy (non-hydrogen) atoms. The molecule has 6 nitrogen and oxygen atoms in total. The summed E-state index contributed by atoms with van der Waals surface area (Å²) in [7, 11) is 0. The fraction of sp³-hybridized carbons (Fsp3) is 0.636. The smallest absolute Gasteiger partial charge is 0.408 e. The molecular weight excluding hydrogens is 358 g/mol. The minimum absolute atomic E-state index is 0.0769. The molecule has 0 heterocycles. The van der Waals surface area contributed by atoms with Gasteiger partial charge >= 0.3 is 12.1 Å². The van der Waals surface area contributed by atoms with Crippen molar-refractivity contribution < 1.29 is 23.8 Å².